The van der Waals surface area contributed by atoms with Crippen LogP contribution < -0.4 is 11.1 Å². The van der Waals surface area contributed by atoms with E-state index in [0.29, 0.717) is 12.5 Å². The van der Waals surface area contributed by atoms with Gasteiger partial charge >= 0.3 is 0 Å². The van der Waals surface area contributed by atoms with Crippen molar-refractivity contribution in [3.63, 3.8) is 0 Å². The third-order valence-corrected chi connectivity index (χ3v) is 4.48. The molecule has 6 heteroatoms. The van der Waals surface area contributed by atoms with Gasteiger partial charge in [0, 0.05) is 17.8 Å². The van der Waals surface area contributed by atoms with Gasteiger partial charge in [-0.2, -0.15) is 0 Å². The molecule has 1 aliphatic carbocycles. The number of anilines is 1. The van der Waals surface area contributed by atoms with Crippen molar-refractivity contribution >= 4 is 35.6 Å². The molecule has 0 saturated heterocycles. The first-order valence-corrected chi connectivity index (χ1v) is 8.24. The summed E-state index contributed by atoms with van der Waals surface area (Å²) in [6, 6.07) is 6.38. The minimum absolute atomic E-state index is 0. The Kier molecular flexibility index (Phi) is 6.65. The Bertz CT molecular complexity index is 704. The van der Waals surface area contributed by atoms with Crippen LogP contribution in [0.4, 0.5) is 5.69 Å². The Morgan fingerprint density at radius 2 is 2.08 bits per heavy atom. The molecule has 1 heterocycles. The van der Waals surface area contributed by atoms with Crippen LogP contribution in [0.5, 0.6) is 0 Å². The highest BCUT2D eigenvalue weighted by molar-refractivity contribution is 14.0. The van der Waals surface area contributed by atoms with Gasteiger partial charge in [-0.25, -0.2) is 0 Å². The van der Waals surface area contributed by atoms with Crippen molar-refractivity contribution in [2.75, 3.05) is 11.9 Å². The topological polar surface area (TPSA) is 76.4 Å². The number of nitrogens with one attached hydrogen (secondary N) is 1. The van der Waals surface area contributed by atoms with Crippen LogP contribution in [-0.2, 0) is 19.3 Å². The predicted octanol–water partition coefficient (Wildman–Crippen LogP) is 3.76. The minimum Gasteiger partial charge on any atom is -0.370 e. The molecule has 0 spiro atoms. The van der Waals surface area contributed by atoms with Crippen molar-refractivity contribution in [3.05, 3.63) is 46.3 Å². The molecule has 24 heavy (non-hydrogen) atoms. The molecule has 0 atom stereocenters. The molecule has 0 amide bonds. The number of guanidine groups is 1. The Balaban J connectivity index is 0.00000208. The van der Waals surface area contributed by atoms with E-state index in [1.54, 1.807) is 0 Å². The standard InChI is InChI=1S/C18H24N4O.HI/c1-12-15(13(2)23-22-12)10-11-20-18(19)21-17-9-5-7-14-6-3-4-8-16(14)17;/h5,7,9H,3-4,6,8,10-11H2,1-2H3,(H3,19,20,21);1H. The van der Waals surface area contributed by atoms with Crippen LogP contribution >= 0.6 is 24.0 Å². The number of nitrogens with two attached hydrogens (primary N) is 1. The molecule has 3 rings (SSSR count). The van der Waals surface area contributed by atoms with E-state index in [-0.39, 0.29) is 24.0 Å². The largest absolute Gasteiger partial charge is 0.370 e. The van der Waals surface area contributed by atoms with Gasteiger partial charge < -0.3 is 15.6 Å². The number of benzene rings is 1. The molecule has 0 aliphatic heterocycles. The normalized spacial score (nSPS) is 14.0. The first kappa shape index (κ1) is 18.8. The second-order valence-electron chi connectivity index (χ2n) is 6.10. The van der Waals surface area contributed by atoms with Crippen molar-refractivity contribution in [1.82, 2.24) is 5.16 Å². The van der Waals surface area contributed by atoms with Gasteiger partial charge in [0.05, 0.1) is 5.69 Å². The van der Waals surface area contributed by atoms with Crippen LogP contribution in [0, 0.1) is 13.8 Å². The Hall–Kier alpha value is -1.57. The maximum absolute atomic E-state index is 6.05. The number of fused-ring (bicyclic) bond motifs is 1. The summed E-state index contributed by atoms with van der Waals surface area (Å²) in [7, 11) is 0. The molecule has 0 unspecified atom stereocenters. The van der Waals surface area contributed by atoms with E-state index in [1.165, 1.54) is 24.0 Å². The number of aliphatic imine (C=N–C) groups is 1. The quantitative estimate of drug-likeness (QED) is 0.431. The van der Waals surface area contributed by atoms with Crippen LogP contribution in [-0.4, -0.2) is 17.7 Å². The summed E-state index contributed by atoms with van der Waals surface area (Å²) in [6.45, 7) is 4.50. The van der Waals surface area contributed by atoms with Gasteiger partial charge in [0.2, 0.25) is 0 Å². The van der Waals surface area contributed by atoms with Crippen molar-refractivity contribution in [2.24, 2.45) is 10.7 Å². The van der Waals surface area contributed by atoms with Gasteiger partial charge in [-0.3, -0.25) is 4.99 Å². The zero-order chi connectivity index (χ0) is 16.2. The van der Waals surface area contributed by atoms with Crippen molar-refractivity contribution in [2.45, 2.75) is 46.0 Å². The number of nitrogens with zero attached hydrogens (tertiary/aromatic N) is 2. The second kappa shape index (κ2) is 8.50. The third kappa shape index (κ3) is 4.28. The first-order valence-electron chi connectivity index (χ1n) is 8.24. The molecular formula is C18H25IN4O. The Morgan fingerprint density at radius 1 is 1.29 bits per heavy atom. The predicted molar refractivity (Wildman–Crippen MR) is 108 cm³/mol. The van der Waals surface area contributed by atoms with Gasteiger partial charge in [-0.05, 0) is 63.1 Å². The Morgan fingerprint density at radius 3 is 2.83 bits per heavy atom. The number of rotatable bonds is 4. The third-order valence-electron chi connectivity index (χ3n) is 4.48. The molecule has 0 saturated carbocycles. The molecule has 5 nitrogen and oxygen atoms in total. The van der Waals surface area contributed by atoms with Gasteiger partial charge in [-0.15, -0.1) is 24.0 Å². The molecule has 0 fully saturated rings. The maximum Gasteiger partial charge on any atom is 0.193 e. The van der Waals surface area contributed by atoms with Crippen LogP contribution in [0.25, 0.3) is 0 Å². The lowest BCUT2D eigenvalue weighted by molar-refractivity contribution is 0.392. The van der Waals surface area contributed by atoms with E-state index in [2.05, 4.69) is 33.7 Å². The zero-order valence-electron chi connectivity index (χ0n) is 14.3. The van der Waals surface area contributed by atoms with E-state index < -0.39 is 0 Å². The molecule has 3 N–H and O–H groups in total. The summed E-state index contributed by atoms with van der Waals surface area (Å²) >= 11 is 0. The van der Waals surface area contributed by atoms with Gasteiger partial charge in [0.15, 0.2) is 5.96 Å². The lowest BCUT2D eigenvalue weighted by atomic mass is 9.90. The van der Waals surface area contributed by atoms with E-state index in [1.807, 2.05) is 13.8 Å². The maximum atomic E-state index is 6.05. The van der Waals surface area contributed by atoms with E-state index in [9.17, 15) is 0 Å². The fourth-order valence-corrected chi connectivity index (χ4v) is 3.22. The van der Waals surface area contributed by atoms with Gasteiger partial charge in [0.25, 0.3) is 0 Å². The fourth-order valence-electron chi connectivity index (χ4n) is 3.22. The number of aromatic nitrogens is 1. The lowest BCUT2D eigenvalue weighted by Gasteiger charge is -2.19. The summed E-state index contributed by atoms with van der Waals surface area (Å²) in [5.41, 5.74) is 12.0. The van der Waals surface area contributed by atoms with Crippen LogP contribution in [0.1, 0.15) is 41.0 Å². The van der Waals surface area contributed by atoms with Gasteiger partial charge in [0.1, 0.15) is 5.76 Å². The molecule has 130 valence electrons. The fraction of sp³-hybridized carbons (Fsp3) is 0.444. The molecule has 1 aromatic heterocycles. The molecule has 2 aromatic rings. The SMILES string of the molecule is Cc1noc(C)c1CCN=C(N)Nc1cccc2c1CCCC2.I. The lowest BCUT2D eigenvalue weighted by Crippen LogP contribution is -2.24. The van der Waals surface area contributed by atoms with E-state index >= 15 is 0 Å². The average molecular weight is 440 g/mol. The smallest absolute Gasteiger partial charge is 0.193 e. The molecule has 1 aromatic carbocycles. The van der Waals surface area contributed by atoms with Crippen LogP contribution in [0.2, 0.25) is 0 Å². The second-order valence-corrected chi connectivity index (χ2v) is 6.10. The zero-order valence-corrected chi connectivity index (χ0v) is 16.6. The summed E-state index contributed by atoms with van der Waals surface area (Å²) in [6.07, 6.45) is 5.58. The minimum atomic E-state index is 0. The van der Waals surface area contributed by atoms with Crippen molar-refractivity contribution in [3.8, 4) is 0 Å². The van der Waals surface area contributed by atoms with E-state index in [4.69, 9.17) is 10.3 Å². The summed E-state index contributed by atoms with van der Waals surface area (Å²) in [4.78, 5) is 4.44. The van der Waals surface area contributed by atoms with Crippen LogP contribution in [0.15, 0.2) is 27.7 Å². The summed E-state index contributed by atoms with van der Waals surface area (Å²) < 4.78 is 5.17. The Labute approximate surface area is 160 Å². The molecular weight excluding hydrogens is 415 g/mol. The number of halogens is 1. The molecule has 1 aliphatic rings. The molecule has 0 radical (unpaired) electrons. The number of hydrogen-bond acceptors (Lipinski definition) is 3. The summed E-state index contributed by atoms with van der Waals surface area (Å²) in [5, 5.41) is 7.23. The highest BCUT2D eigenvalue weighted by Gasteiger charge is 2.13. The number of hydrogen-bond donors (Lipinski definition) is 2. The summed E-state index contributed by atoms with van der Waals surface area (Å²) in [5.74, 6) is 1.33. The van der Waals surface area contributed by atoms with E-state index in [0.717, 1.165) is 42.0 Å². The highest BCUT2D eigenvalue weighted by atomic mass is 127. The first-order chi connectivity index (χ1) is 11.1. The van der Waals surface area contributed by atoms with Crippen molar-refractivity contribution < 1.29 is 4.52 Å². The van der Waals surface area contributed by atoms with Gasteiger partial charge in [-0.1, -0.05) is 17.3 Å². The van der Waals surface area contributed by atoms with Crippen LogP contribution in [0.3, 0.4) is 0 Å². The van der Waals surface area contributed by atoms with Crippen molar-refractivity contribution in [1.29, 1.82) is 0 Å². The molecule has 0 bridgehead atoms. The monoisotopic (exact) mass is 440 g/mol. The average Bonchev–Trinajstić information content (AvgIpc) is 2.87. The number of aryl methyl sites for hydroxylation is 3. The highest BCUT2D eigenvalue weighted by Crippen LogP contribution is 2.27.